The number of likely N-dealkylation sites (N-methyl/N-ethyl adjacent to an activating group) is 1. The fraction of sp³-hybridized carbons (Fsp3) is 0.500. The summed E-state index contributed by atoms with van der Waals surface area (Å²) in [4.78, 5) is 26.8. The van der Waals surface area contributed by atoms with E-state index in [0.29, 0.717) is 30.4 Å². The van der Waals surface area contributed by atoms with E-state index in [4.69, 9.17) is 9.40 Å². The number of aryl methyl sites for hydroxylation is 2. The van der Waals surface area contributed by atoms with Crippen LogP contribution >= 0.6 is 0 Å². The van der Waals surface area contributed by atoms with Crippen molar-refractivity contribution in [2.45, 2.75) is 58.3 Å². The highest BCUT2D eigenvalue weighted by atomic mass is 16.4. The SMILES string of the molecule is Cc1nnc(-c2cccc(N3CCN(C)c4nc(CCCC5CCCCC5)ncc4C3=O)c2)o1. The third-order valence-corrected chi connectivity index (χ3v) is 6.98. The average molecular weight is 461 g/mol. The fourth-order valence-electron chi connectivity index (χ4n) is 5.06. The van der Waals surface area contributed by atoms with Crippen molar-refractivity contribution < 1.29 is 9.21 Å². The predicted molar refractivity (Wildman–Crippen MR) is 131 cm³/mol. The summed E-state index contributed by atoms with van der Waals surface area (Å²) in [5.74, 6) is 3.27. The van der Waals surface area contributed by atoms with Crippen LogP contribution in [0.15, 0.2) is 34.9 Å². The Morgan fingerprint density at radius 3 is 2.76 bits per heavy atom. The molecule has 178 valence electrons. The molecular formula is C26H32N6O2. The molecule has 1 fully saturated rings. The van der Waals surface area contributed by atoms with Crippen molar-refractivity contribution in [2.24, 2.45) is 5.92 Å². The Labute approximate surface area is 200 Å². The molecule has 3 aromatic rings. The molecule has 0 radical (unpaired) electrons. The molecule has 8 heteroatoms. The quantitative estimate of drug-likeness (QED) is 0.520. The van der Waals surface area contributed by atoms with Crippen molar-refractivity contribution in [3.63, 3.8) is 0 Å². The molecule has 3 heterocycles. The Morgan fingerprint density at radius 2 is 1.97 bits per heavy atom. The maximum absolute atomic E-state index is 13.5. The van der Waals surface area contributed by atoms with Gasteiger partial charge in [-0.15, -0.1) is 10.2 Å². The molecule has 5 rings (SSSR count). The molecule has 0 spiro atoms. The molecule has 0 N–H and O–H groups in total. The molecule has 0 saturated heterocycles. The summed E-state index contributed by atoms with van der Waals surface area (Å²) in [7, 11) is 1.99. The smallest absolute Gasteiger partial charge is 0.263 e. The van der Waals surface area contributed by atoms with Crippen LogP contribution in [-0.2, 0) is 6.42 Å². The fourth-order valence-corrected chi connectivity index (χ4v) is 5.06. The Balaban J connectivity index is 1.33. The van der Waals surface area contributed by atoms with Crippen molar-refractivity contribution in [1.29, 1.82) is 0 Å². The zero-order chi connectivity index (χ0) is 23.5. The van der Waals surface area contributed by atoms with Gasteiger partial charge in [-0.1, -0.05) is 44.6 Å². The molecule has 1 amide bonds. The number of benzene rings is 1. The van der Waals surface area contributed by atoms with Crippen molar-refractivity contribution in [3.8, 4) is 11.5 Å². The molecule has 0 bridgehead atoms. The summed E-state index contributed by atoms with van der Waals surface area (Å²) >= 11 is 0. The van der Waals surface area contributed by atoms with Crippen LogP contribution in [0.3, 0.4) is 0 Å². The van der Waals surface area contributed by atoms with E-state index in [1.165, 1.54) is 38.5 Å². The van der Waals surface area contributed by atoms with E-state index in [0.717, 1.165) is 41.7 Å². The van der Waals surface area contributed by atoms with Crippen LogP contribution in [-0.4, -0.2) is 46.2 Å². The molecule has 1 saturated carbocycles. The van der Waals surface area contributed by atoms with E-state index in [2.05, 4.69) is 20.1 Å². The van der Waals surface area contributed by atoms with E-state index in [1.807, 2.05) is 31.3 Å². The number of hydrogen-bond donors (Lipinski definition) is 0. The van der Waals surface area contributed by atoms with Crippen molar-refractivity contribution in [2.75, 3.05) is 29.9 Å². The summed E-state index contributed by atoms with van der Waals surface area (Å²) in [5, 5.41) is 8.01. The maximum Gasteiger partial charge on any atom is 0.263 e. The summed E-state index contributed by atoms with van der Waals surface area (Å²) < 4.78 is 5.57. The van der Waals surface area contributed by atoms with E-state index in [-0.39, 0.29) is 5.91 Å². The summed E-state index contributed by atoms with van der Waals surface area (Å²) in [6, 6.07) is 7.65. The van der Waals surface area contributed by atoms with Gasteiger partial charge in [-0.05, 0) is 30.5 Å². The second-order valence-corrected chi connectivity index (χ2v) is 9.47. The van der Waals surface area contributed by atoms with Gasteiger partial charge < -0.3 is 14.2 Å². The van der Waals surface area contributed by atoms with Gasteiger partial charge in [0.15, 0.2) is 0 Å². The van der Waals surface area contributed by atoms with Gasteiger partial charge in [-0.25, -0.2) is 9.97 Å². The number of carbonyl (C=O) groups excluding carboxylic acids is 1. The molecule has 1 aromatic carbocycles. The number of fused-ring (bicyclic) bond motifs is 1. The number of anilines is 2. The standard InChI is InChI=1S/C26H32N6O2/c1-18-29-30-25(34-18)20-11-7-12-21(16-20)32-15-14-31(2)24-22(26(32)33)17-27-23(28-24)13-6-10-19-8-4-3-5-9-19/h7,11-12,16-17,19H,3-6,8-10,13-15H2,1-2H3. The van der Waals surface area contributed by atoms with Crippen molar-refractivity contribution in [1.82, 2.24) is 20.2 Å². The van der Waals surface area contributed by atoms with Crippen molar-refractivity contribution in [3.05, 3.63) is 47.7 Å². The molecular weight excluding hydrogens is 428 g/mol. The molecule has 8 nitrogen and oxygen atoms in total. The van der Waals surface area contributed by atoms with Crippen molar-refractivity contribution >= 4 is 17.4 Å². The topological polar surface area (TPSA) is 88.3 Å². The van der Waals surface area contributed by atoms with Gasteiger partial charge in [-0.2, -0.15) is 0 Å². The highest BCUT2D eigenvalue weighted by molar-refractivity contribution is 6.09. The minimum Gasteiger partial charge on any atom is -0.421 e. The Bertz CT molecular complexity index is 1150. The van der Waals surface area contributed by atoms with Crippen LogP contribution in [0.4, 0.5) is 11.5 Å². The van der Waals surface area contributed by atoms with Gasteiger partial charge in [-0.3, -0.25) is 4.79 Å². The van der Waals surface area contributed by atoms with Crippen LogP contribution in [0.25, 0.3) is 11.5 Å². The summed E-state index contributed by atoms with van der Waals surface area (Å²) in [6.45, 7) is 2.99. The molecule has 0 atom stereocenters. The Hall–Kier alpha value is -3.29. The molecule has 1 aliphatic carbocycles. The van der Waals surface area contributed by atoms with E-state index in [1.54, 1.807) is 18.0 Å². The lowest BCUT2D eigenvalue weighted by atomic mass is 9.86. The van der Waals surface area contributed by atoms with E-state index < -0.39 is 0 Å². The van der Waals surface area contributed by atoms with Crippen LogP contribution in [0.2, 0.25) is 0 Å². The lowest BCUT2D eigenvalue weighted by Crippen LogP contribution is -2.33. The van der Waals surface area contributed by atoms with Gasteiger partial charge in [0.25, 0.3) is 5.91 Å². The lowest BCUT2D eigenvalue weighted by Gasteiger charge is -2.21. The van der Waals surface area contributed by atoms with Crippen LogP contribution < -0.4 is 9.80 Å². The number of amides is 1. The van der Waals surface area contributed by atoms with Crippen LogP contribution in [0, 0.1) is 12.8 Å². The average Bonchev–Trinajstić information content (AvgIpc) is 3.26. The summed E-state index contributed by atoms with van der Waals surface area (Å²) in [5.41, 5.74) is 2.11. The van der Waals surface area contributed by atoms with Gasteiger partial charge in [0.1, 0.15) is 17.2 Å². The van der Waals surface area contributed by atoms with E-state index in [9.17, 15) is 4.79 Å². The Morgan fingerprint density at radius 1 is 1.12 bits per heavy atom. The van der Waals surface area contributed by atoms with Gasteiger partial charge >= 0.3 is 0 Å². The summed E-state index contributed by atoms with van der Waals surface area (Å²) in [6.07, 6.45) is 11.8. The predicted octanol–water partition coefficient (Wildman–Crippen LogP) is 4.83. The van der Waals surface area contributed by atoms with Crippen LogP contribution in [0.1, 0.15) is 67.0 Å². The number of carbonyl (C=O) groups is 1. The minimum atomic E-state index is -0.0908. The first kappa shape index (κ1) is 22.5. The third kappa shape index (κ3) is 4.81. The third-order valence-electron chi connectivity index (χ3n) is 6.98. The largest absolute Gasteiger partial charge is 0.421 e. The maximum atomic E-state index is 13.5. The lowest BCUT2D eigenvalue weighted by molar-refractivity contribution is 0.0989. The molecule has 2 aromatic heterocycles. The van der Waals surface area contributed by atoms with Gasteiger partial charge in [0.2, 0.25) is 11.8 Å². The highest BCUT2D eigenvalue weighted by Crippen LogP contribution is 2.30. The molecule has 1 aliphatic heterocycles. The zero-order valence-corrected chi connectivity index (χ0v) is 20.0. The number of nitrogens with zero attached hydrogens (tertiary/aromatic N) is 6. The first-order valence-corrected chi connectivity index (χ1v) is 12.4. The number of rotatable bonds is 6. The first-order valence-electron chi connectivity index (χ1n) is 12.4. The van der Waals surface area contributed by atoms with Gasteiger partial charge in [0, 0.05) is 50.9 Å². The minimum absolute atomic E-state index is 0.0908. The van der Waals surface area contributed by atoms with E-state index >= 15 is 0 Å². The molecule has 34 heavy (non-hydrogen) atoms. The zero-order valence-electron chi connectivity index (χ0n) is 20.0. The number of aromatic nitrogens is 4. The monoisotopic (exact) mass is 460 g/mol. The highest BCUT2D eigenvalue weighted by Gasteiger charge is 2.28. The normalized spacial score (nSPS) is 17.1. The van der Waals surface area contributed by atoms with Gasteiger partial charge in [0.05, 0.1) is 0 Å². The number of hydrogen-bond acceptors (Lipinski definition) is 7. The Kier molecular flexibility index (Phi) is 6.56. The first-order chi connectivity index (χ1) is 16.6. The molecule has 0 unspecified atom stereocenters. The van der Waals surface area contributed by atoms with Crippen LogP contribution in [0.5, 0.6) is 0 Å². The second kappa shape index (κ2) is 9.91. The second-order valence-electron chi connectivity index (χ2n) is 9.47. The molecule has 2 aliphatic rings.